The Bertz CT molecular complexity index is 187. The molecule has 0 amide bonds. The number of rotatable bonds is 0. The highest BCUT2D eigenvalue weighted by atomic mass is 14.4. The maximum Gasteiger partial charge on any atom is 0.0382 e. The molecule has 0 radical (unpaired) electrons. The number of nitrogens with one attached hydrogen (secondary N) is 1. The lowest BCUT2D eigenvalue weighted by atomic mass is 9.93. The topological polar surface area (TPSA) is 23.9 Å². The largest absolute Gasteiger partial charge is 0.305 e. The van der Waals surface area contributed by atoms with Gasteiger partial charge in [0.25, 0.3) is 0 Å². The Labute approximate surface area is 55.6 Å². The van der Waals surface area contributed by atoms with Crippen LogP contribution in [-0.4, -0.2) is 5.71 Å². The third kappa shape index (κ3) is 1.10. The van der Waals surface area contributed by atoms with Gasteiger partial charge in [0.2, 0.25) is 0 Å². The molecule has 1 heteroatoms. The van der Waals surface area contributed by atoms with Gasteiger partial charge in [0.05, 0.1) is 0 Å². The summed E-state index contributed by atoms with van der Waals surface area (Å²) in [7, 11) is 0. The summed E-state index contributed by atoms with van der Waals surface area (Å²) in [6.07, 6.45) is 5.83. The normalized spacial score (nSPS) is 26.2. The third-order valence-electron chi connectivity index (χ3n) is 1.78. The summed E-state index contributed by atoms with van der Waals surface area (Å²) in [4.78, 5) is 0. The minimum Gasteiger partial charge on any atom is -0.305 e. The van der Waals surface area contributed by atoms with Gasteiger partial charge in [-0.2, -0.15) is 0 Å². The van der Waals surface area contributed by atoms with Gasteiger partial charge in [0.1, 0.15) is 0 Å². The van der Waals surface area contributed by atoms with Gasteiger partial charge in [0.15, 0.2) is 0 Å². The zero-order valence-corrected chi connectivity index (χ0v) is 5.81. The molecule has 0 aromatic heterocycles. The summed E-state index contributed by atoms with van der Waals surface area (Å²) in [5.74, 6) is 0.329. The van der Waals surface area contributed by atoms with E-state index in [0.29, 0.717) is 5.92 Å². The van der Waals surface area contributed by atoms with E-state index in [0.717, 1.165) is 5.71 Å². The number of hydrogen-bond acceptors (Lipinski definition) is 1. The first kappa shape index (κ1) is 6.27. The molecular formula is C8H11N. The molecule has 1 aliphatic carbocycles. The van der Waals surface area contributed by atoms with Crippen LogP contribution in [0.15, 0.2) is 23.8 Å². The van der Waals surface area contributed by atoms with Crippen LogP contribution >= 0.6 is 0 Å². The molecule has 0 aromatic carbocycles. The maximum atomic E-state index is 7.40. The van der Waals surface area contributed by atoms with Gasteiger partial charge in [0, 0.05) is 11.6 Å². The molecule has 0 spiro atoms. The Morgan fingerprint density at radius 1 is 1.56 bits per heavy atom. The molecule has 0 heterocycles. The van der Waals surface area contributed by atoms with E-state index in [4.69, 9.17) is 5.41 Å². The highest BCUT2D eigenvalue weighted by molar-refractivity contribution is 5.97. The van der Waals surface area contributed by atoms with Crippen molar-refractivity contribution in [2.24, 2.45) is 5.92 Å². The van der Waals surface area contributed by atoms with Crippen LogP contribution in [0, 0.1) is 11.3 Å². The minimum atomic E-state index is 0.329. The van der Waals surface area contributed by atoms with E-state index < -0.39 is 0 Å². The van der Waals surface area contributed by atoms with Gasteiger partial charge in [-0.05, 0) is 13.0 Å². The maximum absolute atomic E-state index is 7.40. The van der Waals surface area contributed by atoms with E-state index in [1.165, 1.54) is 5.57 Å². The molecule has 9 heavy (non-hydrogen) atoms. The molecule has 48 valence electrons. The fourth-order valence-electron chi connectivity index (χ4n) is 0.838. The Morgan fingerprint density at radius 2 is 2.22 bits per heavy atom. The van der Waals surface area contributed by atoms with Crippen LogP contribution in [0.3, 0.4) is 0 Å². The SMILES string of the molecule is CC1=CC=CC(=N)C1C. The molecular weight excluding hydrogens is 110 g/mol. The lowest BCUT2D eigenvalue weighted by molar-refractivity contribution is 0.904. The van der Waals surface area contributed by atoms with Crippen molar-refractivity contribution in [2.75, 3.05) is 0 Å². The summed E-state index contributed by atoms with van der Waals surface area (Å²) >= 11 is 0. The first-order chi connectivity index (χ1) is 4.22. The van der Waals surface area contributed by atoms with Crippen LogP contribution < -0.4 is 0 Å². The van der Waals surface area contributed by atoms with Crippen molar-refractivity contribution in [2.45, 2.75) is 13.8 Å². The monoisotopic (exact) mass is 121 g/mol. The van der Waals surface area contributed by atoms with Crippen molar-refractivity contribution in [3.63, 3.8) is 0 Å². The number of hydrogen-bond donors (Lipinski definition) is 1. The van der Waals surface area contributed by atoms with Crippen LogP contribution in [0.25, 0.3) is 0 Å². The molecule has 0 fully saturated rings. The highest BCUT2D eigenvalue weighted by Crippen LogP contribution is 2.15. The summed E-state index contributed by atoms with van der Waals surface area (Å²) < 4.78 is 0. The van der Waals surface area contributed by atoms with E-state index in [-0.39, 0.29) is 0 Å². The second-order valence-corrected chi connectivity index (χ2v) is 2.45. The first-order valence-corrected chi connectivity index (χ1v) is 3.15. The zero-order valence-electron chi connectivity index (χ0n) is 5.81. The molecule has 1 nitrogen and oxygen atoms in total. The van der Waals surface area contributed by atoms with Gasteiger partial charge in [-0.1, -0.05) is 24.6 Å². The average Bonchev–Trinajstić information content (AvgIpc) is 1.83. The molecule has 0 aromatic rings. The van der Waals surface area contributed by atoms with E-state index in [2.05, 4.69) is 19.9 Å². The van der Waals surface area contributed by atoms with Crippen LogP contribution in [0.4, 0.5) is 0 Å². The van der Waals surface area contributed by atoms with E-state index in [9.17, 15) is 0 Å². The summed E-state index contributed by atoms with van der Waals surface area (Å²) in [6.45, 7) is 4.11. The predicted molar refractivity (Wildman–Crippen MR) is 39.8 cm³/mol. The molecule has 0 saturated heterocycles. The second-order valence-electron chi connectivity index (χ2n) is 2.45. The molecule has 1 atom stereocenters. The molecule has 0 aliphatic heterocycles. The fraction of sp³-hybridized carbons (Fsp3) is 0.375. The molecule has 1 rings (SSSR count). The van der Waals surface area contributed by atoms with Crippen molar-refractivity contribution in [1.29, 1.82) is 5.41 Å². The highest BCUT2D eigenvalue weighted by Gasteiger charge is 2.09. The lowest BCUT2D eigenvalue weighted by Gasteiger charge is -2.13. The van der Waals surface area contributed by atoms with Gasteiger partial charge in [-0.3, -0.25) is 0 Å². The van der Waals surface area contributed by atoms with E-state index in [1.807, 2.05) is 12.2 Å². The summed E-state index contributed by atoms with van der Waals surface area (Å²) in [5, 5.41) is 7.40. The van der Waals surface area contributed by atoms with E-state index in [1.54, 1.807) is 0 Å². The van der Waals surface area contributed by atoms with Gasteiger partial charge < -0.3 is 5.41 Å². The number of allylic oxidation sites excluding steroid dienone is 4. The van der Waals surface area contributed by atoms with Crippen molar-refractivity contribution in [1.82, 2.24) is 0 Å². The van der Waals surface area contributed by atoms with Gasteiger partial charge in [-0.25, -0.2) is 0 Å². The summed E-state index contributed by atoms with van der Waals surface area (Å²) in [6, 6.07) is 0. The zero-order chi connectivity index (χ0) is 6.85. The second kappa shape index (κ2) is 2.18. The third-order valence-corrected chi connectivity index (χ3v) is 1.78. The molecule has 0 bridgehead atoms. The Hall–Kier alpha value is -0.850. The van der Waals surface area contributed by atoms with Crippen LogP contribution in [0.5, 0.6) is 0 Å². The predicted octanol–water partition coefficient (Wildman–Crippen LogP) is 2.16. The minimum absolute atomic E-state index is 0.329. The Balaban J connectivity index is 2.86. The van der Waals surface area contributed by atoms with Gasteiger partial charge in [-0.15, -0.1) is 0 Å². The van der Waals surface area contributed by atoms with Crippen molar-refractivity contribution in [3.8, 4) is 0 Å². The van der Waals surface area contributed by atoms with Crippen LogP contribution in [-0.2, 0) is 0 Å². The van der Waals surface area contributed by atoms with E-state index >= 15 is 0 Å². The van der Waals surface area contributed by atoms with Crippen molar-refractivity contribution < 1.29 is 0 Å². The summed E-state index contributed by atoms with van der Waals surface area (Å²) in [5.41, 5.74) is 2.00. The molecule has 0 saturated carbocycles. The lowest BCUT2D eigenvalue weighted by Crippen LogP contribution is -2.10. The van der Waals surface area contributed by atoms with Gasteiger partial charge >= 0.3 is 0 Å². The molecule has 1 N–H and O–H groups in total. The quantitative estimate of drug-likeness (QED) is 0.507. The standard InChI is InChI=1S/C8H11N/c1-6-4-3-5-8(9)7(6)2/h3-5,7,9H,1-2H3. The fourth-order valence-corrected chi connectivity index (χ4v) is 0.838. The van der Waals surface area contributed by atoms with Crippen LogP contribution in [0.1, 0.15) is 13.8 Å². The molecule has 1 aliphatic rings. The first-order valence-electron chi connectivity index (χ1n) is 3.15. The van der Waals surface area contributed by atoms with Crippen LogP contribution in [0.2, 0.25) is 0 Å². The van der Waals surface area contributed by atoms with Crippen molar-refractivity contribution >= 4 is 5.71 Å². The smallest absolute Gasteiger partial charge is 0.0382 e. The Kier molecular flexibility index (Phi) is 1.52. The van der Waals surface area contributed by atoms with Crippen molar-refractivity contribution in [3.05, 3.63) is 23.8 Å². The molecule has 1 unspecified atom stereocenters. The Morgan fingerprint density at radius 3 is 2.67 bits per heavy atom. The average molecular weight is 121 g/mol.